The Kier molecular flexibility index (Phi) is 3.69. The van der Waals surface area contributed by atoms with Gasteiger partial charge in [0.2, 0.25) is 5.75 Å². The van der Waals surface area contributed by atoms with Crippen LogP contribution in [0.1, 0.15) is 5.69 Å². The number of ether oxygens (including phenoxy) is 1. The first-order valence-electron chi connectivity index (χ1n) is 4.28. The van der Waals surface area contributed by atoms with Gasteiger partial charge in [-0.2, -0.15) is 13.2 Å². The zero-order valence-electron chi connectivity index (χ0n) is 8.47. The molecule has 98 valence electrons. The zero-order valence-corrected chi connectivity index (χ0v) is 8.47. The van der Waals surface area contributed by atoms with Crippen molar-refractivity contribution in [2.75, 3.05) is 6.61 Å². The molecule has 0 saturated heterocycles. The molecule has 0 fully saturated rings. The second kappa shape index (κ2) is 4.85. The molecule has 0 aliphatic carbocycles. The van der Waals surface area contributed by atoms with Crippen molar-refractivity contribution < 1.29 is 32.7 Å². The number of carbonyl (C=O) groups is 1. The smallest absolute Gasteiger partial charge is 0.433 e. The van der Waals surface area contributed by atoms with Crippen LogP contribution < -0.4 is 4.74 Å². The predicted octanol–water partition coefficient (Wildman–Crippen LogP) is 1.47. The van der Waals surface area contributed by atoms with Gasteiger partial charge in [0.15, 0.2) is 6.61 Å². The van der Waals surface area contributed by atoms with Gasteiger partial charge in [-0.25, -0.2) is 9.78 Å². The van der Waals surface area contributed by atoms with E-state index in [0.717, 1.165) is 0 Å². The van der Waals surface area contributed by atoms with Crippen LogP contribution in [-0.2, 0) is 11.0 Å². The molecule has 0 radical (unpaired) electrons. The summed E-state index contributed by atoms with van der Waals surface area (Å²) < 4.78 is 41.3. The molecule has 10 heteroatoms. The molecule has 0 aromatic carbocycles. The molecule has 0 atom stereocenters. The van der Waals surface area contributed by atoms with Crippen LogP contribution in [0, 0.1) is 10.1 Å². The monoisotopic (exact) mass is 266 g/mol. The number of rotatable bonds is 4. The maximum absolute atomic E-state index is 12.3. The maximum atomic E-state index is 12.3. The number of aliphatic carboxylic acids is 1. The molecule has 0 bridgehead atoms. The van der Waals surface area contributed by atoms with E-state index in [9.17, 15) is 28.1 Å². The van der Waals surface area contributed by atoms with E-state index in [-0.39, 0.29) is 6.07 Å². The first kappa shape index (κ1) is 13.7. The summed E-state index contributed by atoms with van der Waals surface area (Å²) in [6, 6.07) is 0.279. The number of nitro groups is 1. The molecule has 7 nitrogen and oxygen atoms in total. The van der Waals surface area contributed by atoms with Crippen molar-refractivity contribution >= 4 is 11.7 Å². The number of carboxylic acid groups (broad SMARTS) is 1. The van der Waals surface area contributed by atoms with Crippen molar-refractivity contribution in [2.24, 2.45) is 0 Å². The molecule has 1 rings (SSSR count). The van der Waals surface area contributed by atoms with Gasteiger partial charge in [-0.05, 0) is 0 Å². The van der Waals surface area contributed by atoms with Gasteiger partial charge >= 0.3 is 17.8 Å². The Morgan fingerprint density at radius 1 is 1.56 bits per heavy atom. The lowest BCUT2D eigenvalue weighted by Gasteiger charge is -2.08. The van der Waals surface area contributed by atoms with Crippen molar-refractivity contribution in [1.82, 2.24) is 4.98 Å². The average molecular weight is 266 g/mol. The Morgan fingerprint density at radius 3 is 2.61 bits per heavy atom. The minimum atomic E-state index is -4.81. The number of pyridine rings is 1. The number of aromatic nitrogens is 1. The lowest BCUT2D eigenvalue weighted by molar-refractivity contribution is -0.386. The Balaban J connectivity index is 3.15. The van der Waals surface area contributed by atoms with E-state index in [4.69, 9.17) is 5.11 Å². The second-order valence-electron chi connectivity index (χ2n) is 2.97. The number of alkyl halides is 3. The van der Waals surface area contributed by atoms with Crippen molar-refractivity contribution in [3.8, 4) is 5.75 Å². The fraction of sp³-hybridized carbons (Fsp3) is 0.250. The summed E-state index contributed by atoms with van der Waals surface area (Å²) in [6.45, 7) is -0.998. The van der Waals surface area contributed by atoms with Crippen LogP contribution in [-0.4, -0.2) is 27.6 Å². The van der Waals surface area contributed by atoms with E-state index in [2.05, 4.69) is 9.72 Å². The average Bonchev–Trinajstić information content (AvgIpc) is 2.24. The topological polar surface area (TPSA) is 103 Å². The van der Waals surface area contributed by atoms with Crippen LogP contribution in [0.25, 0.3) is 0 Å². The normalized spacial score (nSPS) is 11.1. The fourth-order valence-corrected chi connectivity index (χ4v) is 0.977. The van der Waals surface area contributed by atoms with E-state index >= 15 is 0 Å². The molecule has 0 spiro atoms. The van der Waals surface area contributed by atoms with E-state index in [1.54, 1.807) is 0 Å². The third kappa shape index (κ3) is 3.30. The van der Waals surface area contributed by atoms with Gasteiger partial charge in [0, 0.05) is 6.07 Å². The summed E-state index contributed by atoms with van der Waals surface area (Å²) in [6.07, 6.45) is -4.45. The number of nitrogens with zero attached hydrogens (tertiary/aromatic N) is 2. The van der Waals surface area contributed by atoms with Crippen LogP contribution in [0.5, 0.6) is 5.75 Å². The molecule has 0 amide bonds. The number of hydrogen-bond donors (Lipinski definition) is 1. The standard InChI is InChI=1S/C8H5F3N2O5/c9-8(10,11)6-1-5(18-3-7(14)15)4(2-12-6)13(16)17/h1-2H,3H2,(H,14,15). The predicted molar refractivity (Wildman–Crippen MR) is 49.0 cm³/mol. The van der Waals surface area contributed by atoms with Gasteiger partial charge in [0.25, 0.3) is 0 Å². The quantitative estimate of drug-likeness (QED) is 0.653. The van der Waals surface area contributed by atoms with Crippen molar-refractivity contribution in [3.63, 3.8) is 0 Å². The van der Waals surface area contributed by atoms with E-state index in [1.165, 1.54) is 0 Å². The van der Waals surface area contributed by atoms with Gasteiger partial charge < -0.3 is 9.84 Å². The van der Waals surface area contributed by atoms with Gasteiger partial charge in [-0.15, -0.1) is 0 Å². The van der Waals surface area contributed by atoms with Crippen molar-refractivity contribution in [3.05, 3.63) is 28.1 Å². The largest absolute Gasteiger partial charge is 0.479 e. The minimum absolute atomic E-state index is 0.279. The van der Waals surface area contributed by atoms with E-state index < -0.39 is 40.8 Å². The fourth-order valence-electron chi connectivity index (χ4n) is 0.977. The van der Waals surface area contributed by atoms with Crippen LogP contribution in [0.3, 0.4) is 0 Å². The summed E-state index contributed by atoms with van der Waals surface area (Å²) in [7, 11) is 0. The molecule has 1 aromatic heterocycles. The van der Waals surface area contributed by atoms with Crippen LogP contribution in [0.2, 0.25) is 0 Å². The molecule has 0 unspecified atom stereocenters. The molecular formula is C8H5F3N2O5. The Morgan fingerprint density at radius 2 is 2.17 bits per heavy atom. The van der Waals surface area contributed by atoms with Gasteiger partial charge in [0.1, 0.15) is 11.9 Å². The SMILES string of the molecule is O=C(O)COc1cc(C(F)(F)F)ncc1[N+](=O)[O-]. The molecular weight excluding hydrogens is 261 g/mol. The molecule has 18 heavy (non-hydrogen) atoms. The number of carboxylic acids is 1. The van der Waals surface area contributed by atoms with Crippen molar-refractivity contribution in [1.29, 1.82) is 0 Å². The van der Waals surface area contributed by atoms with E-state index in [1.807, 2.05) is 0 Å². The lowest BCUT2D eigenvalue weighted by atomic mass is 10.3. The van der Waals surface area contributed by atoms with Gasteiger partial charge in [0.05, 0.1) is 4.92 Å². The highest BCUT2D eigenvalue weighted by molar-refractivity contribution is 5.68. The minimum Gasteiger partial charge on any atom is -0.479 e. The highest BCUT2D eigenvalue weighted by Gasteiger charge is 2.34. The zero-order chi connectivity index (χ0) is 13.9. The third-order valence-corrected chi connectivity index (χ3v) is 1.68. The first-order valence-corrected chi connectivity index (χ1v) is 4.28. The second-order valence-corrected chi connectivity index (χ2v) is 2.97. The van der Waals surface area contributed by atoms with Crippen LogP contribution in [0.15, 0.2) is 12.3 Å². The molecule has 1 N–H and O–H groups in total. The molecule has 0 saturated carbocycles. The van der Waals surface area contributed by atoms with Crippen LogP contribution >= 0.6 is 0 Å². The molecule has 0 aliphatic rings. The summed E-state index contributed by atoms with van der Waals surface area (Å²) in [5, 5.41) is 18.8. The number of hydrogen-bond acceptors (Lipinski definition) is 5. The molecule has 0 aliphatic heterocycles. The molecule has 1 heterocycles. The summed E-state index contributed by atoms with van der Waals surface area (Å²) >= 11 is 0. The maximum Gasteiger partial charge on any atom is 0.433 e. The van der Waals surface area contributed by atoms with Gasteiger partial charge in [-0.3, -0.25) is 10.1 Å². The van der Waals surface area contributed by atoms with Crippen molar-refractivity contribution in [2.45, 2.75) is 6.18 Å². The first-order chi connectivity index (χ1) is 8.21. The Labute approximate surface area is 97.0 Å². The van der Waals surface area contributed by atoms with Crippen LogP contribution in [0.4, 0.5) is 18.9 Å². The third-order valence-electron chi connectivity index (χ3n) is 1.68. The van der Waals surface area contributed by atoms with Gasteiger partial charge in [-0.1, -0.05) is 0 Å². The summed E-state index contributed by atoms with van der Waals surface area (Å²) in [5.41, 5.74) is -2.25. The Hall–Kier alpha value is -2.39. The lowest BCUT2D eigenvalue weighted by Crippen LogP contribution is -2.13. The highest BCUT2D eigenvalue weighted by Crippen LogP contribution is 2.34. The summed E-state index contributed by atoms with van der Waals surface area (Å²) in [4.78, 5) is 22.5. The highest BCUT2D eigenvalue weighted by atomic mass is 19.4. The molecule has 1 aromatic rings. The summed E-state index contributed by atoms with van der Waals surface area (Å²) in [5.74, 6) is -2.28. The number of halogens is 3. The Bertz CT molecular complexity index is 488. The van der Waals surface area contributed by atoms with E-state index in [0.29, 0.717) is 6.20 Å².